The molecule has 1 heterocycles. The van der Waals surface area contributed by atoms with Gasteiger partial charge in [0, 0.05) is 32.0 Å². The zero-order chi connectivity index (χ0) is 21.2. The van der Waals surface area contributed by atoms with E-state index in [1.165, 1.54) is 19.9 Å². The lowest BCUT2D eigenvalue weighted by atomic mass is 10.1. The summed E-state index contributed by atoms with van der Waals surface area (Å²) in [6.07, 6.45) is 0. The summed E-state index contributed by atoms with van der Waals surface area (Å²) in [7, 11) is -6.07. The van der Waals surface area contributed by atoms with E-state index in [1.54, 1.807) is 42.5 Å². The van der Waals surface area contributed by atoms with Gasteiger partial charge in [-0.05, 0) is 12.1 Å². The minimum Gasteiger partial charge on any atom is -0.455 e. The van der Waals surface area contributed by atoms with E-state index in [0.717, 1.165) is 0 Å². The first kappa shape index (κ1) is 21.9. The fourth-order valence-corrected chi connectivity index (χ4v) is 7.25. The molecule has 0 aliphatic rings. The van der Waals surface area contributed by atoms with Gasteiger partial charge in [0.15, 0.2) is 5.76 Å². The Labute approximate surface area is 176 Å². The maximum atomic E-state index is 13.4. The van der Waals surface area contributed by atoms with Gasteiger partial charge in [-0.3, -0.25) is 4.79 Å². The Morgan fingerprint density at radius 2 is 1.45 bits per heavy atom. The van der Waals surface area contributed by atoms with Gasteiger partial charge in [0.05, 0.1) is 16.9 Å². The third-order valence-corrected chi connectivity index (χ3v) is 11.0. The Balaban J connectivity index is 2.36. The second-order valence-corrected chi connectivity index (χ2v) is 14.6. The molecule has 0 atom stereocenters. The zero-order valence-corrected chi connectivity index (χ0v) is 18.9. The second kappa shape index (κ2) is 8.55. The lowest BCUT2D eigenvalue weighted by molar-refractivity contribution is 0.602. The topological polar surface area (TPSA) is 98.5 Å². The highest BCUT2D eigenvalue weighted by Gasteiger charge is 2.24. The first-order chi connectivity index (χ1) is 13.7. The molecule has 0 aliphatic carbocycles. The van der Waals surface area contributed by atoms with Crippen LogP contribution in [0.3, 0.4) is 0 Å². The van der Waals surface area contributed by atoms with Crippen LogP contribution in [0.1, 0.15) is 13.8 Å². The summed E-state index contributed by atoms with van der Waals surface area (Å²) in [6, 6.07) is 13.4. The first-order valence-electron chi connectivity index (χ1n) is 8.67. The molecule has 0 saturated heterocycles. The highest BCUT2D eigenvalue weighted by Crippen LogP contribution is 2.38. The van der Waals surface area contributed by atoms with Crippen molar-refractivity contribution < 1.29 is 21.3 Å². The van der Waals surface area contributed by atoms with E-state index in [1.807, 2.05) is 0 Å². The Morgan fingerprint density at radius 1 is 0.828 bits per heavy atom. The predicted octanol–water partition coefficient (Wildman–Crippen LogP) is 4.34. The largest absolute Gasteiger partial charge is 0.455 e. The van der Waals surface area contributed by atoms with Gasteiger partial charge in [0.2, 0.25) is 23.2 Å². The molecule has 29 heavy (non-hydrogen) atoms. The molecule has 1 aromatic heterocycles. The first-order valence-corrected chi connectivity index (χ1v) is 14.6. The van der Waals surface area contributed by atoms with Crippen LogP contribution in [-0.4, -0.2) is 28.3 Å². The fourth-order valence-electron chi connectivity index (χ4n) is 2.50. The van der Waals surface area contributed by atoms with Crippen molar-refractivity contribution in [3.63, 3.8) is 0 Å². The normalized spacial score (nSPS) is 12.3. The molecule has 3 aromatic rings. The summed E-state index contributed by atoms with van der Waals surface area (Å²) in [5.41, 5.74) is 0.185. The Morgan fingerprint density at radius 3 is 2.07 bits per heavy atom. The van der Waals surface area contributed by atoms with Gasteiger partial charge in [-0.2, -0.15) is 0 Å². The van der Waals surface area contributed by atoms with Gasteiger partial charge < -0.3 is 4.42 Å². The van der Waals surface area contributed by atoms with E-state index in [0.29, 0.717) is 27.2 Å². The molecule has 0 unspecified atom stereocenters. The number of hydrogen-bond donors (Lipinski definition) is 0. The monoisotopic (exact) mass is 470 g/mol. The third kappa shape index (κ3) is 4.88. The summed E-state index contributed by atoms with van der Waals surface area (Å²) in [5, 5.41) is 0.0583. The molecule has 10 heteroatoms. The van der Waals surface area contributed by atoms with Gasteiger partial charge in [-0.25, -0.2) is 16.8 Å². The van der Waals surface area contributed by atoms with Crippen molar-refractivity contribution in [2.24, 2.45) is 0 Å². The summed E-state index contributed by atoms with van der Waals surface area (Å²) in [6.45, 7) is 3.00. The molecule has 2 aromatic carbocycles. The SMILES string of the molecule is CCS(=O)(=O)Sc1c(-c2ccccc2)oc2cccc(SS(=O)(=O)CC)c2c1=O. The van der Waals surface area contributed by atoms with Crippen LogP contribution in [0.4, 0.5) is 0 Å². The van der Waals surface area contributed by atoms with Crippen LogP contribution < -0.4 is 5.43 Å². The molecule has 0 fully saturated rings. The van der Waals surface area contributed by atoms with Crippen LogP contribution in [0, 0.1) is 0 Å². The van der Waals surface area contributed by atoms with E-state index < -0.39 is 23.2 Å². The molecular formula is C19H18O6S4. The molecule has 0 amide bonds. The quantitative estimate of drug-likeness (QED) is 0.470. The minimum atomic E-state index is -3.62. The fraction of sp³-hybridized carbons (Fsp3) is 0.211. The van der Waals surface area contributed by atoms with Crippen LogP contribution in [0.25, 0.3) is 22.3 Å². The molecule has 0 N–H and O–H groups in total. The average Bonchev–Trinajstić information content (AvgIpc) is 2.70. The van der Waals surface area contributed by atoms with E-state index in [-0.39, 0.29) is 38.0 Å². The van der Waals surface area contributed by atoms with Crippen LogP contribution in [-0.2, 0) is 17.7 Å². The molecule has 0 radical (unpaired) electrons. The Kier molecular flexibility index (Phi) is 6.47. The van der Waals surface area contributed by atoms with Gasteiger partial charge in [0.1, 0.15) is 10.5 Å². The molecule has 0 aliphatic heterocycles. The maximum Gasteiger partial charge on any atom is 0.209 e. The van der Waals surface area contributed by atoms with Crippen molar-refractivity contribution in [3.8, 4) is 11.3 Å². The number of fused-ring (bicyclic) bond motifs is 1. The van der Waals surface area contributed by atoms with Crippen molar-refractivity contribution in [1.82, 2.24) is 0 Å². The summed E-state index contributed by atoms with van der Waals surface area (Å²) in [5.74, 6) is -0.122. The maximum absolute atomic E-state index is 13.4. The van der Waals surface area contributed by atoms with Gasteiger partial charge in [-0.15, -0.1) is 0 Å². The molecular weight excluding hydrogens is 452 g/mol. The van der Waals surface area contributed by atoms with Crippen LogP contribution in [0.2, 0.25) is 0 Å². The molecule has 6 nitrogen and oxygen atoms in total. The van der Waals surface area contributed by atoms with Gasteiger partial charge >= 0.3 is 0 Å². The van der Waals surface area contributed by atoms with Crippen molar-refractivity contribution in [1.29, 1.82) is 0 Å². The van der Waals surface area contributed by atoms with Gasteiger partial charge in [0.25, 0.3) is 0 Å². The van der Waals surface area contributed by atoms with Crippen LogP contribution in [0.15, 0.2) is 67.5 Å². The third-order valence-electron chi connectivity index (χ3n) is 4.01. The summed E-state index contributed by atoms with van der Waals surface area (Å²) >= 11 is 0. The predicted molar refractivity (Wildman–Crippen MR) is 119 cm³/mol. The highest BCUT2D eigenvalue weighted by molar-refractivity contribution is 8.72. The number of hydrogen-bond acceptors (Lipinski definition) is 8. The van der Waals surface area contributed by atoms with Crippen LogP contribution in [0.5, 0.6) is 0 Å². The van der Waals surface area contributed by atoms with Crippen molar-refractivity contribution in [3.05, 3.63) is 58.8 Å². The molecule has 0 bridgehead atoms. The standard InChI is InChI=1S/C19H18O6S4/c1-3-28(21,22)26-15-12-8-11-14-16(15)17(20)19(27-29(23,24)4-2)18(25-14)13-9-6-5-7-10-13/h5-12H,3-4H2,1-2H3. The van der Waals surface area contributed by atoms with Crippen molar-refractivity contribution >= 4 is 50.3 Å². The number of rotatable bonds is 7. The van der Waals surface area contributed by atoms with E-state index in [2.05, 4.69) is 0 Å². The zero-order valence-electron chi connectivity index (χ0n) is 15.6. The van der Waals surface area contributed by atoms with Crippen molar-refractivity contribution in [2.45, 2.75) is 23.6 Å². The highest BCUT2D eigenvalue weighted by atomic mass is 33.1. The molecule has 0 saturated carbocycles. The minimum absolute atomic E-state index is 0.0583. The lowest BCUT2D eigenvalue weighted by Crippen LogP contribution is -2.11. The van der Waals surface area contributed by atoms with Crippen LogP contribution >= 0.6 is 21.6 Å². The molecule has 154 valence electrons. The van der Waals surface area contributed by atoms with E-state index in [4.69, 9.17) is 4.42 Å². The van der Waals surface area contributed by atoms with E-state index in [9.17, 15) is 21.6 Å². The molecule has 0 spiro atoms. The summed E-state index contributed by atoms with van der Waals surface area (Å²) in [4.78, 5) is 13.5. The Bertz CT molecular complexity index is 1310. The lowest BCUT2D eigenvalue weighted by Gasteiger charge is -2.11. The molecule has 3 rings (SSSR count). The van der Waals surface area contributed by atoms with Gasteiger partial charge in [-0.1, -0.05) is 50.2 Å². The Hall–Kier alpha value is -1.75. The van der Waals surface area contributed by atoms with Crippen molar-refractivity contribution in [2.75, 3.05) is 11.5 Å². The smallest absolute Gasteiger partial charge is 0.209 e. The summed E-state index contributed by atoms with van der Waals surface area (Å²) < 4.78 is 54.7. The average molecular weight is 471 g/mol. The number of benzene rings is 2. The second-order valence-electron chi connectivity index (χ2n) is 5.94. The van der Waals surface area contributed by atoms with E-state index >= 15 is 0 Å².